The number of carbonyl (C=O) groups excluding carboxylic acids is 1. The second-order valence-electron chi connectivity index (χ2n) is 6.90. The van der Waals surface area contributed by atoms with Gasteiger partial charge in [-0.3, -0.25) is 9.10 Å². The highest BCUT2D eigenvalue weighted by atomic mass is 32.2. The molecule has 0 saturated carbocycles. The summed E-state index contributed by atoms with van der Waals surface area (Å²) in [7, 11) is -2.81. The van der Waals surface area contributed by atoms with Crippen molar-refractivity contribution in [1.82, 2.24) is 5.32 Å². The zero-order valence-electron chi connectivity index (χ0n) is 17.2. The molecular weight excluding hydrogens is 419 g/mol. The van der Waals surface area contributed by atoms with E-state index in [0.29, 0.717) is 5.56 Å². The number of sulfonamides is 1. The Bertz CT molecular complexity index is 1150. The molecule has 0 radical (unpaired) electrons. The summed E-state index contributed by atoms with van der Waals surface area (Å²) < 4.78 is 46.7. The molecule has 0 heterocycles. The fraction of sp³-hybridized carbons (Fsp3) is 0.174. The van der Waals surface area contributed by atoms with Gasteiger partial charge in [0.2, 0.25) is 5.91 Å². The Balaban J connectivity index is 1.94. The second kappa shape index (κ2) is 9.61. The van der Waals surface area contributed by atoms with E-state index in [1.54, 1.807) is 19.1 Å². The predicted molar refractivity (Wildman–Crippen MR) is 117 cm³/mol. The summed E-state index contributed by atoms with van der Waals surface area (Å²) >= 11 is 0. The normalized spacial score (nSPS) is 11.1. The Hall–Kier alpha value is -3.39. The molecule has 0 aliphatic heterocycles. The summed E-state index contributed by atoms with van der Waals surface area (Å²) in [5, 5.41) is 2.72. The van der Waals surface area contributed by atoms with Gasteiger partial charge in [0.1, 0.15) is 23.0 Å². The van der Waals surface area contributed by atoms with Gasteiger partial charge in [0, 0.05) is 6.54 Å². The van der Waals surface area contributed by atoms with Crippen LogP contribution in [-0.2, 0) is 21.4 Å². The van der Waals surface area contributed by atoms with E-state index in [-0.39, 0.29) is 22.9 Å². The zero-order valence-corrected chi connectivity index (χ0v) is 18.0. The summed E-state index contributed by atoms with van der Waals surface area (Å²) in [5.41, 5.74) is 1.76. The van der Waals surface area contributed by atoms with Crippen molar-refractivity contribution >= 4 is 21.6 Å². The number of anilines is 1. The number of halogens is 1. The van der Waals surface area contributed by atoms with Crippen molar-refractivity contribution in [2.24, 2.45) is 0 Å². The summed E-state index contributed by atoms with van der Waals surface area (Å²) in [4.78, 5) is 12.6. The fourth-order valence-electron chi connectivity index (χ4n) is 3.01. The van der Waals surface area contributed by atoms with Crippen LogP contribution in [0, 0.1) is 12.7 Å². The van der Waals surface area contributed by atoms with E-state index in [1.165, 1.54) is 25.3 Å². The summed E-state index contributed by atoms with van der Waals surface area (Å²) in [5.74, 6) is -0.853. The molecule has 3 aromatic rings. The molecule has 0 aliphatic carbocycles. The van der Waals surface area contributed by atoms with Crippen molar-refractivity contribution in [2.75, 3.05) is 18.0 Å². The van der Waals surface area contributed by atoms with E-state index in [9.17, 15) is 17.6 Å². The molecule has 0 spiro atoms. The topological polar surface area (TPSA) is 75.7 Å². The molecule has 3 aromatic carbocycles. The first-order valence-corrected chi connectivity index (χ1v) is 11.0. The van der Waals surface area contributed by atoms with Gasteiger partial charge in [0.25, 0.3) is 10.0 Å². The molecule has 1 N–H and O–H groups in total. The number of hydrogen-bond acceptors (Lipinski definition) is 4. The molecule has 162 valence electrons. The summed E-state index contributed by atoms with van der Waals surface area (Å²) in [6, 6.07) is 19.0. The summed E-state index contributed by atoms with van der Waals surface area (Å²) in [6.45, 7) is 1.54. The van der Waals surface area contributed by atoms with Crippen molar-refractivity contribution in [3.63, 3.8) is 0 Å². The maximum absolute atomic E-state index is 13.5. The highest BCUT2D eigenvalue weighted by Gasteiger charge is 2.30. The van der Waals surface area contributed by atoms with Crippen molar-refractivity contribution in [1.29, 1.82) is 0 Å². The molecule has 6 nitrogen and oxygen atoms in total. The lowest BCUT2D eigenvalue weighted by atomic mass is 10.2. The molecule has 0 saturated heterocycles. The number of nitrogens with one attached hydrogen (secondary N) is 1. The molecule has 0 aromatic heterocycles. The predicted octanol–water partition coefficient (Wildman–Crippen LogP) is 3.65. The molecular formula is C23H23FN2O4S. The average Bonchev–Trinajstić information content (AvgIpc) is 2.77. The fourth-order valence-corrected chi connectivity index (χ4v) is 4.67. The van der Waals surface area contributed by atoms with Crippen LogP contribution in [0.2, 0.25) is 0 Å². The minimum absolute atomic E-state index is 0.0739. The zero-order chi connectivity index (χ0) is 22.4. The van der Waals surface area contributed by atoms with Gasteiger partial charge >= 0.3 is 0 Å². The van der Waals surface area contributed by atoms with E-state index in [2.05, 4.69) is 5.32 Å². The first-order chi connectivity index (χ1) is 14.8. The highest BCUT2D eigenvalue weighted by molar-refractivity contribution is 7.93. The number of hydrogen-bond donors (Lipinski definition) is 1. The summed E-state index contributed by atoms with van der Waals surface area (Å²) in [6.07, 6.45) is 0. The van der Waals surface area contributed by atoms with Gasteiger partial charge in [-0.1, -0.05) is 36.4 Å². The molecule has 1 amide bonds. The van der Waals surface area contributed by atoms with E-state index >= 15 is 0 Å². The third-order valence-electron chi connectivity index (χ3n) is 4.62. The van der Waals surface area contributed by atoms with Gasteiger partial charge in [0.05, 0.1) is 12.8 Å². The monoisotopic (exact) mass is 442 g/mol. The Morgan fingerprint density at radius 1 is 1.03 bits per heavy atom. The number of benzene rings is 3. The largest absolute Gasteiger partial charge is 0.495 e. The van der Waals surface area contributed by atoms with E-state index < -0.39 is 28.3 Å². The van der Waals surface area contributed by atoms with Crippen molar-refractivity contribution in [3.8, 4) is 5.75 Å². The van der Waals surface area contributed by atoms with Crippen LogP contribution in [-0.4, -0.2) is 28.0 Å². The van der Waals surface area contributed by atoms with Crippen LogP contribution < -0.4 is 14.4 Å². The first kappa shape index (κ1) is 22.3. The molecule has 0 aliphatic rings. The first-order valence-electron chi connectivity index (χ1n) is 9.55. The molecule has 8 heteroatoms. The Labute approximate surface area is 181 Å². The van der Waals surface area contributed by atoms with E-state index in [0.717, 1.165) is 22.0 Å². The van der Waals surface area contributed by atoms with Crippen LogP contribution in [0.25, 0.3) is 0 Å². The van der Waals surface area contributed by atoms with E-state index in [4.69, 9.17) is 4.74 Å². The van der Waals surface area contributed by atoms with Crippen LogP contribution >= 0.6 is 0 Å². The quantitative estimate of drug-likeness (QED) is 0.578. The van der Waals surface area contributed by atoms with Crippen molar-refractivity contribution in [2.45, 2.75) is 18.4 Å². The average molecular weight is 443 g/mol. The van der Waals surface area contributed by atoms with Crippen LogP contribution in [0.5, 0.6) is 5.75 Å². The number of aryl methyl sites for hydroxylation is 1. The van der Waals surface area contributed by atoms with Crippen molar-refractivity contribution < 1.29 is 22.3 Å². The van der Waals surface area contributed by atoms with Gasteiger partial charge in [0.15, 0.2) is 0 Å². The van der Waals surface area contributed by atoms with Crippen LogP contribution in [0.1, 0.15) is 11.1 Å². The molecule has 0 atom stereocenters. The number of carbonyl (C=O) groups is 1. The van der Waals surface area contributed by atoms with E-state index in [1.807, 2.05) is 30.3 Å². The molecule has 0 fully saturated rings. The highest BCUT2D eigenvalue weighted by Crippen LogP contribution is 2.30. The van der Waals surface area contributed by atoms with Crippen LogP contribution in [0.4, 0.5) is 10.1 Å². The van der Waals surface area contributed by atoms with Gasteiger partial charge in [-0.15, -0.1) is 0 Å². The number of ether oxygens (including phenoxy) is 1. The second-order valence-corrected chi connectivity index (χ2v) is 8.74. The van der Waals surface area contributed by atoms with Crippen LogP contribution in [0.3, 0.4) is 0 Å². The maximum atomic E-state index is 13.5. The standard InChI is InChI=1S/C23H23FN2O4S/c1-17-8-13-21(30-2)22(14-17)31(28,29)26(20-11-9-19(24)10-12-20)16-23(27)25-15-18-6-4-3-5-7-18/h3-14H,15-16H2,1-2H3,(H,25,27). The van der Waals surface area contributed by atoms with Gasteiger partial charge in [-0.25, -0.2) is 12.8 Å². The third-order valence-corrected chi connectivity index (χ3v) is 6.42. The van der Waals surface area contributed by atoms with Gasteiger partial charge < -0.3 is 10.1 Å². The molecule has 31 heavy (non-hydrogen) atoms. The Morgan fingerprint density at radius 2 is 1.71 bits per heavy atom. The van der Waals surface area contributed by atoms with Crippen LogP contribution in [0.15, 0.2) is 77.7 Å². The number of amides is 1. The number of methoxy groups -OCH3 is 1. The molecule has 3 rings (SSSR count). The molecule has 0 bridgehead atoms. The Morgan fingerprint density at radius 3 is 2.35 bits per heavy atom. The Kier molecular flexibility index (Phi) is 6.91. The number of nitrogens with zero attached hydrogens (tertiary/aromatic N) is 1. The third kappa shape index (κ3) is 5.40. The maximum Gasteiger partial charge on any atom is 0.268 e. The lowest BCUT2D eigenvalue weighted by Gasteiger charge is -2.25. The van der Waals surface area contributed by atoms with Gasteiger partial charge in [-0.2, -0.15) is 0 Å². The smallest absolute Gasteiger partial charge is 0.268 e. The lowest BCUT2D eigenvalue weighted by Crippen LogP contribution is -2.40. The SMILES string of the molecule is COc1ccc(C)cc1S(=O)(=O)N(CC(=O)NCc1ccccc1)c1ccc(F)cc1. The lowest BCUT2D eigenvalue weighted by molar-refractivity contribution is -0.119. The van der Waals surface area contributed by atoms with Crippen molar-refractivity contribution in [3.05, 3.63) is 89.7 Å². The van der Waals surface area contributed by atoms with Gasteiger partial charge in [-0.05, 0) is 54.4 Å². The minimum atomic E-state index is -4.19. The molecule has 0 unspecified atom stereocenters. The minimum Gasteiger partial charge on any atom is -0.495 e. The number of rotatable bonds is 8.